The number of hydrogen-bond donors (Lipinski definition) is 0. The minimum absolute atomic E-state index is 0.00000898. The molecule has 32 heavy (non-hydrogen) atoms. The number of rotatable bonds is 7. The molecule has 158 valence electrons. The molecule has 0 N–H and O–H groups in total. The summed E-state index contributed by atoms with van der Waals surface area (Å²) in [5.41, 5.74) is 2.16. The maximum Gasteiger partial charge on any atom is 0.268 e. The van der Waals surface area contributed by atoms with E-state index in [0.29, 0.717) is 5.75 Å². The second-order valence-electron chi connectivity index (χ2n) is 7.65. The minimum Gasteiger partial charge on any atom is -0.478 e. The van der Waals surface area contributed by atoms with Gasteiger partial charge >= 0.3 is 0 Å². The minimum atomic E-state index is -0.553. The highest BCUT2D eigenvalue weighted by Gasteiger charge is 2.53. The average molecular weight is 438 g/mol. The van der Waals surface area contributed by atoms with Gasteiger partial charge < -0.3 is 9.64 Å². The Kier molecular flexibility index (Phi) is 5.95. The van der Waals surface area contributed by atoms with Crippen LogP contribution in [0.3, 0.4) is 0 Å². The van der Waals surface area contributed by atoms with Crippen LogP contribution in [0.15, 0.2) is 126 Å². The van der Waals surface area contributed by atoms with Crippen LogP contribution in [0.4, 0.5) is 0 Å². The summed E-state index contributed by atoms with van der Waals surface area (Å²) in [6.45, 7) is 0. The van der Waals surface area contributed by atoms with Gasteiger partial charge in [0.05, 0.1) is 0 Å². The Morgan fingerprint density at radius 1 is 0.688 bits per heavy atom. The lowest BCUT2D eigenvalue weighted by molar-refractivity contribution is -0.165. The van der Waals surface area contributed by atoms with Crippen LogP contribution in [0.1, 0.15) is 22.5 Å². The summed E-state index contributed by atoms with van der Waals surface area (Å²) in [5.74, 6) is 0.707. The summed E-state index contributed by atoms with van der Waals surface area (Å²) in [7, 11) is 0. The van der Waals surface area contributed by atoms with E-state index in [1.54, 1.807) is 11.8 Å². The first-order valence-electron chi connectivity index (χ1n) is 10.7. The second kappa shape index (κ2) is 9.33. The number of nitrogens with zero attached hydrogens (tertiary/aromatic N) is 1. The third-order valence-corrected chi connectivity index (χ3v) is 6.83. The van der Waals surface area contributed by atoms with Gasteiger partial charge in [-0.25, -0.2) is 0 Å². The number of benzene rings is 4. The molecule has 0 saturated carbocycles. The van der Waals surface area contributed by atoms with Crippen molar-refractivity contribution in [2.45, 2.75) is 22.4 Å². The number of thioether (sulfide) groups is 1. The van der Waals surface area contributed by atoms with Crippen molar-refractivity contribution >= 4 is 17.7 Å². The summed E-state index contributed by atoms with van der Waals surface area (Å²) < 4.78 is 6.20. The largest absolute Gasteiger partial charge is 0.478 e. The van der Waals surface area contributed by atoms with Gasteiger partial charge in [0.25, 0.3) is 5.91 Å². The first-order chi connectivity index (χ1) is 15.8. The monoisotopic (exact) mass is 437 g/mol. The number of β-lactam (4-membered cyclic amide) rings is 1. The normalized spacial score (nSPS) is 18.6. The van der Waals surface area contributed by atoms with E-state index in [1.807, 2.05) is 89.8 Å². The molecular weight excluding hydrogens is 414 g/mol. The molecule has 1 aliphatic heterocycles. The first-order valence-corrected chi connectivity index (χ1v) is 11.5. The number of carbonyl (C=O) groups is 1. The van der Waals surface area contributed by atoms with Gasteiger partial charge in [-0.05, 0) is 35.4 Å². The molecule has 3 nitrogen and oxygen atoms in total. The molecule has 0 spiro atoms. The Labute approximate surface area is 192 Å². The number of likely N-dealkylation sites (tertiary alicyclic amines) is 1. The van der Waals surface area contributed by atoms with Crippen LogP contribution in [0.2, 0.25) is 0 Å². The van der Waals surface area contributed by atoms with E-state index in [9.17, 15) is 4.79 Å². The fraction of sp³-hybridized carbons (Fsp3) is 0.107. The smallest absolute Gasteiger partial charge is 0.268 e. The summed E-state index contributed by atoms with van der Waals surface area (Å²) in [6.07, 6.45) is -0.553. The fourth-order valence-corrected chi connectivity index (χ4v) is 5.24. The van der Waals surface area contributed by atoms with Crippen molar-refractivity contribution in [2.24, 2.45) is 0 Å². The van der Waals surface area contributed by atoms with E-state index >= 15 is 0 Å². The third kappa shape index (κ3) is 4.14. The lowest BCUT2D eigenvalue weighted by atomic mass is 9.89. The maximum absolute atomic E-state index is 13.5. The molecule has 1 saturated heterocycles. The molecule has 1 amide bonds. The molecule has 4 aromatic rings. The average Bonchev–Trinajstić information content (AvgIpc) is 2.87. The van der Waals surface area contributed by atoms with Gasteiger partial charge in [-0.1, -0.05) is 109 Å². The molecule has 5 rings (SSSR count). The number of para-hydroxylation sites is 1. The van der Waals surface area contributed by atoms with E-state index in [2.05, 4.69) is 36.4 Å². The topological polar surface area (TPSA) is 29.5 Å². The highest BCUT2D eigenvalue weighted by Crippen LogP contribution is 2.49. The summed E-state index contributed by atoms with van der Waals surface area (Å²) in [4.78, 5) is 16.6. The molecule has 1 fully saturated rings. The fourth-order valence-electron chi connectivity index (χ4n) is 4.02. The van der Waals surface area contributed by atoms with E-state index in [4.69, 9.17) is 4.74 Å². The molecule has 1 aliphatic rings. The third-order valence-electron chi connectivity index (χ3n) is 5.56. The van der Waals surface area contributed by atoms with Crippen molar-refractivity contribution in [1.29, 1.82) is 0 Å². The van der Waals surface area contributed by atoms with Gasteiger partial charge in [-0.15, -0.1) is 0 Å². The van der Waals surface area contributed by atoms with Crippen LogP contribution >= 0.6 is 11.8 Å². The highest BCUT2D eigenvalue weighted by molar-refractivity contribution is 7.99. The predicted molar refractivity (Wildman–Crippen MR) is 128 cm³/mol. The van der Waals surface area contributed by atoms with Crippen LogP contribution < -0.4 is 4.74 Å². The van der Waals surface area contributed by atoms with Crippen molar-refractivity contribution in [3.05, 3.63) is 132 Å². The van der Waals surface area contributed by atoms with Crippen molar-refractivity contribution < 1.29 is 9.53 Å². The lowest BCUT2D eigenvalue weighted by Crippen LogP contribution is -2.61. The van der Waals surface area contributed by atoms with E-state index in [0.717, 1.165) is 16.0 Å². The van der Waals surface area contributed by atoms with E-state index in [1.165, 1.54) is 0 Å². The Morgan fingerprint density at radius 2 is 1.22 bits per heavy atom. The van der Waals surface area contributed by atoms with Crippen LogP contribution in [0.5, 0.6) is 5.75 Å². The molecule has 0 unspecified atom stereocenters. The number of hydrogen-bond acceptors (Lipinski definition) is 3. The van der Waals surface area contributed by atoms with E-state index in [-0.39, 0.29) is 17.3 Å². The standard InChI is InChI=1S/C28H23NO2S/c30-27-26(31-23-17-9-3-10-18-23)25(21-13-5-1-6-14-21)29(27)28(22-15-7-2-8-16-22)32-24-19-11-4-12-20-24/h1-20,25-26,28H/t25-,26+,28-/m1/s1. The molecular formula is C28H23NO2S. The van der Waals surface area contributed by atoms with E-state index < -0.39 is 6.10 Å². The highest BCUT2D eigenvalue weighted by atomic mass is 32.2. The lowest BCUT2D eigenvalue weighted by Gasteiger charge is -2.50. The molecule has 1 heterocycles. The molecule has 0 aliphatic carbocycles. The van der Waals surface area contributed by atoms with Crippen molar-refractivity contribution in [2.75, 3.05) is 0 Å². The molecule has 0 aromatic heterocycles. The van der Waals surface area contributed by atoms with Gasteiger partial charge in [0.2, 0.25) is 6.10 Å². The van der Waals surface area contributed by atoms with Crippen molar-refractivity contribution in [3.63, 3.8) is 0 Å². The number of carbonyl (C=O) groups excluding carboxylic acids is 1. The summed E-state index contributed by atoms with van der Waals surface area (Å²) in [6, 6.07) is 40.0. The van der Waals surface area contributed by atoms with Crippen LogP contribution in [-0.4, -0.2) is 16.9 Å². The number of ether oxygens (including phenoxy) is 1. The predicted octanol–water partition coefficient (Wildman–Crippen LogP) is 6.51. The zero-order chi connectivity index (χ0) is 21.8. The molecule has 0 radical (unpaired) electrons. The number of amides is 1. The van der Waals surface area contributed by atoms with Gasteiger partial charge in [0.1, 0.15) is 17.2 Å². The Morgan fingerprint density at radius 3 is 1.84 bits per heavy atom. The van der Waals surface area contributed by atoms with Gasteiger partial charge in [-0.2, -0.15) is 0 Å². The maximum atomic E-state index is 13.5. The first kappa shape index (κ1) is 20.4. The Bertz CT molecular complexity index is 1150. The molecule has 4 heteroatoms. The van der Waals surface area contributed by atoms with Crippen molar-refractivity contribution in [3.8, 4) is 5.75 Å². The Balaban J connectivity index is 1.52. The SMILES string of the molecule is O=C1[C@@H](Oc2ccccc2)[C@@H](c2ccccc2)N1[C@H](Sc1ccccc1)c1ccccc1. The van der Waals surface area contributed by atoms with Gasteiger partial charge in [0, 0.05) is 4.90 Å². The quantitative estimate of drug-likeness (QED) is 0.244. The van der Waals surface area contributed by atoms with Gasteiger partial charge in [0.15, 0.2) is 0 Å². The van der Waals surface area contributed by atoms with Gasteiger partial charge in [-0.3, -0.25) is 4.79 Å². The summed E-state index contributed by atoms with van der Waals surface area (Å²) in [5, 5.41) is -0.160. The summed E-state index contributed by atoms with van der Waals surface area (Å²) >= 11 is 1.69. The van der Waals surface area contributed by atoms with Crippen LogP contribution in [-0.2, 0) is 4.79 Å². The van der Waals surface area contributed by atoms with Crippen LogP contribution in [0, 0.1) is 0 Å². The molecule has 3 atom stereocenters. The molecule has 4 aromatic carbocycles. The van der Waals surface area contributed by atoms with Crippen LogP contribution in [0.25, 0.3) is 0 Å². The van der Waals surface area contributed by atoms with Crippen molar-refractivity contribution in [1.82, 2.24) is 4.90 Å². The second-order valence-corrected chi connectivity index (χ2v) is 8.80. The Hall–Kier alpha value is -3.50. The molecule has 0 bridgehead atoms. The zero-order valence-electron chi connectivity index (χ0n) is 17.5. The zero-order valence-corrected chi connectivity index (χ0v) is 18.3.